The van der Waals surface area contributed by atoms with E-state index in [1.807, 2.05) is 42.5 Å². The van der Waals surface area contributed by atoms with Crippen LogP contribution in [0.25, 0.3) is 10.9 Å². The summed E-state index contributed by atoms with van der Waals surface area (Å²) in [7, 11) is 0. The molecule has 1 amide bonds. The SMILES string of the molecule is CCOC(=O)CCCCC(O)CCOc1ccc([C@H]2c3[nH]c4ccc(Cl)cc4c3CCN2C(=O)Oc2ccc(Cl)cc2)cc1. The highest BCUT2D eigenvalue weighted by Gasteiger charge is 2.35. The molecule has 5 rings (SSSR count). The number of benzene rings is 3. The van der Waals surface area contributed by atoms with Gasteiger partial charge in [0, 0.05) is 46.0 Å². The summed E-state index contributed by atoms with van der Waals surface area (Å²) in [6.45, 7) is 2.98. The first kappa shape index (κ1) is 31.7. The van der Waals surface area contributed by atoms with E-state index in [1.54, 1.807) is 36.1 Å². The summed E-state index contributed by atoms with van der Waals surface area (Å²) in [5, 5.41) is 12.6. The van der Waals surface area contributed by atoms with E-state index in [-0.39, 0.29) is 5.97 Å². The van der Waals surface area contributed by atoms with E-state index in [0.29, 0.717) is 73.4 Å². The minimum Gasteiger partial charge on any atom is -0.493 e. The third kappa shape index (κ3) is 7.86. The van der Waals surface area contributed by atoms with Gasteiger partial charge in [-0.1, -0.05) is 41.8 Å². The summed E-state index contributed by atoms with van der Waals surface area (Å²) < 4.78 is 16.6. The van der Waals surface area contributed by atoms with Gasteiger partial charge in [0.15, 0.2) is 0 Å². The first-order chi connectivity index (χ1) is 21.3. The van der Waals surface area contributed by atoms with Gasteiger partial charge in [0.05, 0.1) is 19.3 Å². The molecule has 0 aliphatic carbocycles. The van der Waals surface area contributed by atoms with Crippen LogP contribution in [0.4, 0.5) is 4.79 Å². The molecule has 10 heteroatoms. The lowest BCUT2D eigenvalue weighted by Crippen LogP contribution is -2.42. The second-order valence-electron chi connectivity index (χ2n) is 10.8. The number of unbranched alkanes of at least 4 members (excludes halogenated alkanes) is 1. The predicted octanol–water partition coefficient (Wildman–Crippen LogP) is 7.87. The number of carbonyl (C=O) groups excluding carboxylic acids is 2. The largest absolute Gasteiger partial charge is 0.493 e. The molecule has 1 aliphatic rings. The van der Waals surface area contributed by atoms with Crippen LogP contribution < -0.4 is 9.47 Å². The van der Waals surface area contributed by atoms with E-state index in [4.69, 9.17) is 37.4 Å². The van der Waals surface area contributed by atoms with Crippen molar-refractivity contribution in [3.05, 3.63) is 93.6 Å². The number of amides is 1. The maximum Gasteiger partial charge on any atom is 0.416 e. The number of aromatic amines is 1. The normalized spacial score (nSPS) is 15.1. The van der Waals surface area contributed by atoms with Crippen LogP contribution in [0.3, 0.4) is 0 Å². The van der Waals surface area contributed by atoms with Crippen LogP contribution in [0.2, 0.25) is 10.0 Å². The Morgan fingerprint density at radius 2 is 1.70 bits per heavy atom. The maximum atomic E-state index is 13.5. The Hall–Kier alpha value is -3.72. The number of fused-ring (bicyclic) bond motifs is 3. The summed E-state index contributed by atoms with van der Waals surface area (Å²) in [6, 6.07) is 19.7. The van der Waals surface area contributed by atoms with Gasteiger partial charge >= 0.3 is 12.1 Å². The van der Waals surface area contributed by atoms with Crippen molar-refractivity contribution in [2.75, 3.05) is 19.8 Å². The number of aliphatic hydroxyl groups excluding tert-OH is 1. The number of ether oxygens (including phenoxy) is 3. The summed E-state index contributed by atoms with van der Waals surface area (Å²) in [6.07, 6.45) is 2.56. The average Bonchev–Trinajstić information content (AvgIpc) is 3.38. The number of hydrogen-bond donors (Lipinski definition) is 2. The van der Waals surface area contributed by atoms with Crippen LogP contribution in [0.1, 0.15) is 61.9 Å². The lowest BCUT2D eigenvalue weighted by atomic mass is 9.92. The Morgan fingerprint density at radius 1 is 0.977 bits per heavy atom. The van der Waals surface area contributed by atoms with Crippen molar-refractivity contribution < 1.29 is 28.9 Å². The second kappa shape index (κ2) is 14.8. The number of halogens is 2. The zero-order valence-electron chi connectivity index (χ0n) is 24.6. The van der Waals surface area contributed by atoms with Gasteiger partial charge in [-0.25, -0.2) is 4.79 Å². The molecule has 0 radical (unpaired) electrons. The molecule has 0 saturated heterocycles. The lowest BCUT2D eigenvalue weighted by molar-refractivity contribution is -0.143. The first-order valence-electron chi connectivity index (χ1n) is 14.9. The van der Waals surface area contributed by atoms with Crippen molar-refractivity contribution in [3.63, 3.8) is 0 Å². The number of H-pyrrole nitrogens is 1. The van der Waals surface area contributed by atoms with Crippen LogP contribution in [-0.4, -0.2) is 52.9 Å². The van der Waals surface area contributed by atoms with Crippen LogP contribution in [0.5, 0.6) is 11.5 Å². The van der Waals surface area contributed by atoms with Crippen molar-refractivity contribution in [2.24, 2.45) is 0 Å². The Labute approximate surface area is 266 Å². The quantitative estimate of drug-likeness (QED) is 0.121. The van der Waals surface area contributed by atoms with E-state index in [9.17, 15) is 14.7 Å². The van der Waals surface area contributed by atoms with Gasteiger partial charge in [-0.15, -0.1) is 0 Å². The summed E-state index contributed by atoms with van der Waals surface area (Å²) >= 11 is 12.3. The van der Waals surface area contributed by atoms with Gasteiger partial charge in [-0.2, -0.15) is 0 Å². The van der Waals surface area contributed by atoms with E-state index in [2.05, 4.69) is 4.98 Å². The third-order valence-corrected chi connectivity index (χ3v) is 8.22. The number of nitrogens with zero attached hydrogens (tertiary/aromatic N) is 1. The number of esters is 1. The molecule has 0 spiro atoms. The predicted molar refractivity (Wildman–Crippen MR) is 171 cm³/mol. The minimum absolute atomic E-state index is 0.200. The molecule has 4 aromatic rings. The molecule has 0 saturated carbocycles. The Kier molecular flexibility index (Phi) is 10.7. The fourth-order valence-corrected chi connectivity index (χ4v) is 5.85. The first-order valence-corrected chi connectivity index (χ1v) is 15.7. The number of nitrogens with one attached hydrogen (secondary N) is 1. The standard InChI is InChI=1S/C34H36Cl2N2O6/c1-2-42-31(40)6-4-3-5-25(39)18-20-43-26-12-7-22(8-13-26)33-32-28(29-21-24(36)11-16-30(29)37-32)17-19-38(33)34(41)44-27-14-9-23(35)10-15-27/h7-16,21,25,33,37,39H,2-6,17-20H2,1H3/t25?,33-/m0/s1. The van der Waals surface area contributed by atoms with Gasteiger partial charge in [-0.05, 0) is 91.9 Å². The highest BCUT2D eigenvalue weighted by molar-refractivity contribution is 6.31. The molecule has 1 aromatic heterocycles. The highest BCUT2D eigenvalue weighted by atomic mass is 35.5. The zero-order valence-corrected chi connectivity index (χ0v) is 26.1. The molecule has 2 heterocycles. The molecular formula is C34H36Cl2N2O6. The van der Waals surface area contributed by atoms with Crippen LogP contribution in [-0.2, 0) is 16.0 Å². The van der Waals surface area contributed by atoms with E-state index in [1.165, 1.54) is 0 Å². The fraction of sp³-hybridized carbons (Fsp3) is 0.353. The maximum absolute atomic E-state index is 13.5. The molecule has 1 unspecified atom stereocenters. The number of hydrogen-bond acceptors (Lipinski definition) is 6. The van der Waals surface area contributed by atoms with Crippen LogP contribution in [0.15, 0.2) is 66.7 Å². The van der Waals surface area contributed by atoms with E-state index >= 15 is 0 Å². The molecular weight excluding hydrogens is 603 g/mol. The molecule has 232 valence electrons. The molecule has 0 bridgehead atoms. The highest BCUT2D eigenvalue weighted by Crippen LogP contribution is 2.40. The minimum atomic E-state index is -0.507. The lowest BCUT2D eigenvalue weighted by Gasteiger charge is -2.35. The van der Waals surface area contributed by atoms with Gasteiger partial charge in [0.1, 0.15) is 17.5 Å². The molecule has 2 N–H and O–H groups in total. The topological polar surface area (TPSA) is 101 Å². The summed E-state index contributed by atoms with van der Waals surface area (Å²) in [4.78, 5) is 30.2. The number of aliphatic hydroxyl groups is 1. The van der Waals surface area contributed by atoms with Gasteiger partial charge in [-0.3, -0.25) is 9.69 Å². The van der Waals surface area contributed by atoms with Crippen molar-refractivity contribution in [1.29, 1.82) is 0 Å². The average molecular weight is 640 g/mol. The molecule has 2 atom stereocenters. The summed E-state index contributed by atoms with van der Waals surface area (Å²) in [5.41, 5.74) is 3.89. The Bertz CT molecular complexity index is 1570. The third-order valence-electron chi connectivity index (χ3n) is 7.73. The fourth-order valence-electron chi connectivity index (χ4n) is 5.55. The van der Waals surface area contributed by atoms with Crippen molar-refractivity contribution >= 4 is 46.2 Å². The Morgan fingerprint density at radius 3 is 2.45 bits per heavy atom. The molecule has 44 heavy (non-hydrogen) atoms. The van der Waals surface area contributed by atoms with Crippen LogP contribution >= 0.6 is 23.2 Å². The van der Waals surface area contributed by atoms with E-state index < -0.39 is 18.2 Å². The Balaban J connectivity index is 1.27. The van der Waals surface area contributed by atoms with Gasteiger partial charge in [0.2, 0.25) is 0 Å². The molecule has 1 aliphatic heterocycles. The molecule has 3 aromatic carbocycles. The zero-order chi connectivity index (χ0) is 31.1. The summed E-state index contributed by atoms with van der Waals surface area (Å²) in [5.74, 6) is 0.879. The second-order valence-corrected chi connectivity index (χ2v) is 11.7. The molecule has 0 fully saturated rings. The smallest absolute Gasteiger partial charge is 0.416 e. The number of carbonyl (C=O) groups is 2. The van der Waals surface area contributed by atoms with Gasteiger partial charge in [0.25, 0.3) is 0 Å². The van der Waals surface area contributed by atoms with Crippen molar-refractivity contribution in [1.82, 2.24) is 9.88 Å². The molecule has 8 nitrogen and oxygen atoms in total. The van der Waals surface area contributed by atoms with Crippen molar-refractivity contribution in [2.45, 2.75) is 57.6 Å². The number of rotatable bonds is 12. The van der Waals surface area contributed by atoms with Crippen molar-refractivity contribution in [3.8, 4) is 11.5 Å². The van der Waals surface area contributed by atoms with Gasteiger partial charge < -0.3 is 24.3 Å². The number of aromatic nitrogens is 1. The monoisotopic (exact) mass is 638 g/mol. The van der Waals surface area contributed by atoms with Crippen LogP contribution in [0, 0.1) is 0 Å². The van der Waals surface area contributed by atoms with E-state index in [0.717, 1.165) is 34.1 Å².